The first kappa shape index (κ1) is 15.7. The van der Waals surface area contributed by atoms with E-state index in [1.807, 2.05) is 39.0 Å². The molecule has 0 atom stereocenters. The molecule has 0 aliphatic heterocycles. The Balaban J connectivity index is 4.58. The van der Waals surface area contributed by atoms with Gasteiger partial charge in [0.25, 0.3) is 0 Å². The summed E-state index contributed by atoms with van der Waals surface area (Å²) in [7, 11) is 0. The van der Waals surface area contributed by atoms with Crippen LogP contribution in [0.3, 0.4) is 0 Å². The predicted octanol–water partition coefficient (Wildman–Crippen LogP) is 4.14. The van der Waals surface area contributed by atoms with Crippen molar-refractivity contribution >= 4 is 17.6 Å². The van der Waals surface area contributed by atoms with Crippen molar-refractivity contribution in [3.05, 3.63) is 46.6 Å². The maximum atomic E-state index is 11.1. The molecule has 2 nitrogen and oxygen atoms in total. The first-order chi connectivity index (χ1) is 8.01. The van der Waals surface area contributed by atoms with Gasteiger partial charge in [0.15, 0.2) is 0 Å². The molecule has 0 aliphatic carbocycles. The quantitative estimate of drug-likeness (QED) is 0.419. The second kappa shape index (κ2) is 8.82. The van der Waals surface area contributed by atoms with Crippen molar-refractivity contribution in [1.29, 1.82) is 0 Å². The lowest BCUT2D eigenvalue weighted by molar-refractivity contribution is -0.137. The molecule has 0 rings (SSSR count). The van der Waals surface area contributed by atoms with Crippen molar-refractivity contribution in [2.45, 2.75) is 27.7 Å². The first-order valence-corrected chi connectivity index (χ1v) is 5.91. The molecule has 0 aliphatic rings. The van der Waals surface area contributed by atoms with Crippen LogP contribution < -0.4 is 0 Å². The summed E-state index contributed by atoms with van der Waals surface area (Å²) in [6.45, 7) is 7.93. The smallest absolute Gasteiger partial charge is 0.330 e. The Bertz CT molecular complexity index is 370. The fourth-order valence-corrected chi connectivity index (χ4v) is 1.00. The zero-order valence-corrected chi connectivity index (χ0v) is 11.5. The molecule has 0 fully saturated rings. The second-order valence-electron chi connectivity index (χ2n) is 3.56. The summed E-state index contributed by atoms with van der Waals surface area (Å²) in [5.74, 6) is -0.339. The maximum absolute atomic E-state index is 11.1. The highest BCUT2D eigenvalue weighted by atomic mass is 35.5. The first-order valence-electron chi connectivity index (χ1n) is 5.53. The van der Waals surface area contributed by atoms with Crippen molar-refractivity contribution in [2.75, 3.05) is 6.61 Å². The molecular formula is C14H19ClO2. The average Bonchev–Trinajstić information content (AvgIpc) is 2.29. The minimum absolute atomic E-state index is 0.339. The van der Waals surface area contributed by atoms with Crippen LogP contribution >= 0.6 is 11.6 Å². The molecule has 0 unspecified atom stereocenters. The number of esters is 1. The molecule has 0 heterocycles. The van der Waals surface area contributed by atoms with Crippen LogP contribution in [0, 0.1) is 0 Å². The summed E-state index contributed by atoms with van der Waals surface area (Å²) in [5.41, 5.74) is 1.95. The van der Waals surface area contributed by atoms with E-state index in [4.69, 9.17) is 16.3 Å². The number of carbonyl (C=O) groups is 1. The van der Waals surface area contributed by atoms with E-state index < -0.39 is 0 Å². The van der Waals surface area contributed by atoms with Gasteiger partial charge in [0.1, 0.15) is 0 Å². The van der Waals surface area contributed by atoms with E-state index in [9.17, 15) is 4.79 Å². The summed E-state index contributed by atoms with van der Waals surface area (Å²) in [6, 6.07) is 0. The minimum Gasteiger partial charge on any atom is -0.463 e. The number of carbonyl (C=O) groups excluding carboxylic acids is 1. The highest BCUT2D eigenvalue weighted by molar-refractivity contribution is 6.31. The third-order valence-electron chi connectivity index (χ3n) is 1.93. The number of halogens is 1. The molecule has 17 heavy (non-hydrogen) atoms. The average molecular weight is 255 g/mol. The molecule has 0 radical (unpaired) electrons. The van der Waals surface area contributed by atoms with E-state index in [0.29, 0.717) is 11.6 Å². The van der Waals surface area contributed by atoms with Gasteiger partial charge in [-0.15, -0.1) is 0 Å². The Morgan fingerprint density at radius 1 is 1.18 bits per heavy atom. The van der Waals surface area contributed by atoms with Crippen LogP contribution in [0.25, 0.3) is 0 Å². The van der Waals surface area contributed by atoms with Crippen LogP contribution in [-0.4, -0.2) is 12.6 Å². The van der Waals surface area contributed by atoms with Crippen molar-refractivity contribution in [2.24, 2.45) is 0 Å². The largest absolute Gasteiger partial charge is 0.463 e. The van der Waals surface area contributed by atoms with Gasteiger partial charge < -0.3 is 4.74 Å². The number of rotatable bonds is 5. The minimum atomic E-state index is -0.339. The highest BCUT2D eigenvalue weighted by Crippen LogP contribution is 2.11. The van der Waals surface area contributed by atoms with Gasteiger partial charge in [0, 0.05) is 11.1 Å². The standard InChI is InChI=1S/C14H19ClO2/c1-5-12(7-9-13(15)11(3)4)8-10-14(16)17-6-2/h5,7-10H,6H2,1-4H3/b9-7-,10-8+,12-5+. The normalized spacial score (nSPS) is 12.2. The predicted molar refractivity (Wildman–Crippen MR) is 72.9 cm³/mol. The Kier molecular flexibility index (Phi) is 8.16. The summed E-state index contributed by atoms with van der Waals surface area (Å²) in [6.07, 6.45) is 8.65. The van der Waals surface area contributed by atoms with Crippen molar-refractivity contribution in [3.63, 3.8) is 0 Å². The fourth-order valence-electron chi connectivity index (χ4n) is 0.939. The monoisotopic (exact) mass is 254 g/mol. The molecule has 0 aromatic carbocycles. The number of hydrogen-bond acceptors (Lipinski definition) is 2. The number of hydrogen-bond donors (Lipinski definition) is 0. The third-order valence-corrected chi connectivity index (χ3v) is 2.44. The van der Waals surface area contributed by atoms with Crippen LogP contribution in [0.15, 0.2) is 46.6 Å². The summed E-state index contributed by atoms with van der Waals surface area (Å²) in [4.78, 5) is 11.1. The van der Waals surface area contributed by atoms with E-state index in [1.165, 1.54) is 6.08 Å². The number of allylic oxidation sites excluding steroid dienone is 7. The van der Waals surface area contributed by atoms with Crippen molar-refractivity contribution < 1.29 is 9.53 Å². The summed E-state index contributed by atoms with van der Waals surface area (Å²) < 4.78 is 4.79. The Hall–Kier alpha value is -1.28. The molecule has 94 valence electrons. The second-order valence-corrected chi connectivity index (χ2v) is 3.96. The molecule has 0 N–H and O–H groups in total. The van der Waals surface area contributed by atoms with Gasteiger partial charge in [-0.05, 0) is 45.4 Å². The zero-order chi connectivity index (χ0) is 13.3. The van der Waals surface area contributed by atoms with Crippen LogP contribution in [0.1, 0.15) is 27.7 Å². The summed E-state index contributed by atoms with van der Waals surface area (Å²) in [5, 5.41) is 0.703. The Labute approximate surface area is 108 Å². The topological polar surface area (TPSA) is 26.3 Å². The van der Waals surface area contributed by atoms with Gasteiger partial charge in [-0.2, -0.15) is 0 Å². The highest BCUT2D eigenvalue weighted by Gasteiger charge is 1.94. The SMILES string of the molecule is C/C=C(\C=C/C(Cl)=C(C)C)/C=C/C(=O)OCC. The van der Waals surface area contributed by atoms with Gasteiger partial charge in [-0.3, -0.25) is 0 Å². The van der Waals surface area contributed by atoms with Crippen LogP contribution in [-0.2, 0) is 9.53 Å². The van der Waals surface area contributed by atoms with Crippen molar-refractivity contribution in [3.8, 4) is 0 Å². The van der Waals surface area contributed by atoms with Crippen LogP contribution in [0.5, 0.6) is 0 Å². The molecule has 0 saturated carbocycles. The maximum Gasteiger partial charge on any atom is 0.330 e. The molecular weight excluding hydrogens is 236 g/mol. The van der Waals surface area contributed by atoms with E-state index in [2.05, 4.69) is 0 Å². The van der Waals surface area contributed by atoms with Gasteiger partial charge in [0.05, 0.1) is 6.61 Å². The van der Waals surface area contributed by atoms with E-state index in [1.54, 1.807) is 13.0 Å². The Morgan fingerprint density at radius 2 is 1.76 bits per heavy atom. The van der Waals surface area contributed by atoms with Gasteiger partial charge in [-0.25, -0.2) is 4.79 Å². The van der Waals surface area contributed by atoms with E-state index >= 15 is 0 Å². The molecule has 0 bridgehead atoms. The number of ether oxygens (including phenoxy) is 1. The molecule has 3 heteroatoms. The lowest BCUT2D eigenvalue weighted by atomic mass is 10.2. The van der Waals surface area contributed by atoms with E-state index in [-0.39, 0.29) is 5.97 Å². The lowest BCUT2D eigenvalue weighted by Crippen LogP contribution is -1.98. The molecule has 0 aromatic heterocycles. The zero-order valence-electron chi connectivity index (χ0n) is 10.8. The molecule has 0 spiro atoms. The fraction of sp³-hybridized carbons (Fsp3) is 0.357. The van der Waals surface area contributed by atoms with Crippen LogP contribution in [0.4, 0.5) is 0 Å². The Morgan fingerprint density at radius 3 is 2.24 bits per heavy atom. The molecule has 0 saturated heterocycles. The third kappa shape index (κ3) is 7.58. The van der Waals surface area contributed by atoms with Gasteiger partial charge in [-0.1, -0.05) is 29.3 Å². The van der Waals surface area contributed by atoms with Gasteiger partial charge >= 0.3 is 5.97 Å². The molecule has 0 amide bonds. The van der Waals surface area contributed by atoms with E-state index in [0.717, 1.165) is 11.1 Å². The lowest BCUT2D eigenvalue weighted by Gasteiger charge is -1.96. The van der Waals surface area contributed by atoms with Crippen LogP contribution in [0.2, 0.25) is 0 Å². The summed E-state index contributed by atoms with van der Waals surface area (Å²) >= 11 is 5.98. The molecule has 0 aromatic rings. The van der Waals surface area contributed by atoms with Gasteiger partial charge in [0.2, 0.25) is 0 Å². The van der Waals surface area contributed by atoms with Crippen molar-refractivity contribution in [1.82, 2.24) is 0 Å².